The smallest absolute Gasteiger partial charge is 0.358 e. The normalized spacial score (nSPS) is 16.8. The van der Waals surface area contributed by atoms with Crippen LogP contribution in [0.1, 0.15) is 22.5 Å². The second kappa shape index (κ2) is 7.25. The topological polar surface area (TPSA) is 84.4 Å². The molecule has 1 aromatic heterocycles. The number of carbonyl (C=O) groups excluding carboxylic acids is 2. The van der Waals surface area contributed by atoms with E-state index in [2.05, 4.69) is 20.3 Å². The summed E-state index contributed by atoms with van der Waals surface area (Å²) in [5.41, 5.74) is 0.973. The monoisotopic (exact) mass is 344 g/mol. The first kappa shape index (κ1) is 16.8. The van der Waals surface area contributed by atoms with E-state index in [-0.39, 0.29) is 17.4 Å². The molecule has 0 spiro atoms. The summed E-state index contributed by atoms with van der Waals surface area (Å²) in [4.78, 5) is 25.5. The number of halogens is 1. The number of amides is 1. The molecule has 2 heterocycles. The Labute approximate surface area is 143 Å². The van der Waals surface area contributed by atoms with Crippen LogP contribution in [0.3, 0.4) is 0 Å². The lowest BCUT2D eigenvalue weighted by Gasteiger charge is -2.17. The Morgan fingerprint density at radius 3 is 2.68 bits per heavy atom. The van der Waals surface area contributed by atoms with Gasteiger partial charge in [-0.05, 0) is 36.2 Å². The van der Waals surface area contributed by atoms with Gasteiger partial charge in [-0.25, -0.2) is 9.18 Å². The van der Waals surface area contributed by atoms with Gasteiger partial charge < -0.3 is 15.0 Å². The summed E-state index contributed by atoms with van der Waals surface area (Å²) in [6.45, 7) is 1.03. The van der Waals surface area contributed by atoms with Crippen molar-refractivity contribution in [3.05, 3.63) is 53.5 Å². The van der Waals surface area contributed by atoms with Crippen LogP contribution in [0, 0.1) is 5.82 Å². The highest BCUT2D eigenvalue weighted by Crippen LogP contribution is 2.18. The number of hydrogen-bond donors (Lipinski definition) is 1. The Kier molecular flexibility index (Phi) is 4.87. The van der Waals surface area contributed by atoms with Gasteiger partial charge in [-0.2, -0.15) is 0 Å². The van der Waals surface area contributed by atoms with E-state index in [1.807, 2.05) is 0 Å². The molecular weight excluding hydrogens is 327 g/mol. The molecule has 1 N–H and O–H groups in total. The number of rotatable bonds is 5. The van der Waals surface area contributed by atoms with Gasteiger partial charge in [0.15, 0.2) is 5.69 Å². The van der Waals surface area contributed by atoms with Gasteiger partial charge in [0.05, 0.1) is 7.11 Å². The number of anilines is 1. The van der Waals surface area contributed by atoms with Crippen LogP contribution in [0.15, 0.2) is 36.4 Å². The van der Waals surface area contributed by atoms with Crippen molar-refractivity contribution in [1.29, 1.82) is 0 Å². The number of nitrogens with zero attached hydrogens (tertiary/aromatic N) is 3. The highest BCUT2D eigenvalue weighted by molar-refractivity contribution is 5.88. The quantitative estimate of drug-likeness (QED) is 0.830. The number of carbonyl (C=O) groups is 2. The third kappa shape index (κ3) is 3.90. The molecule has 7 nitrogen and oxygen atoms in total. The Balaban J connectivity index is 1.60. The fraction of sp³-hybridized carbons (Fsp3) is 0.294. The fourth-order valence-electron chi connectivity index (χ4n) is 2.64. The summed E-state index contributed by atoms with van der Waals surface area (Å²) in [7, 11) is 1.27. The minimum absolute atomic E-state index is 0.0526. The average molecular weight is 344 g/mol. The van der Waals surface area contributed by atoms with Gasteiger partial charge >= 0.3 is 5.97 Å². The van der Waals surface area contributed by atoms with Crippen molar-refractivity contribution >= 4 is 17.7 Å². The molecule has 1 fully saturated rings. The van der Waals surface area contributed by atoms with Crippen molar-refractivity contribution in [3.63, 3.8) is 0 Å². The minimum Gasteiger partial charge on any atom is -0.464 e. The molecule has 1 aliphatic rings. The van der Waals surface area contributed by atoms with Crippen molar-refractivity contribution in [3.8, 4) is 0 Å². The number of nitrogens with one attached hydrogen (secondary N) is 1. The van der Waals surface area contributed by atoms with Crippen molar-refractivity contribution in [1.82, 2.24) is 15.1 Å². The second-order valence-electron chi connectivity index (χ2n) is 5.67. The first-order valence-electron chi connectivity index (χ1n) is 7.78. The first-order chi connectivity index (χ1) is 12.1. The first-order valence-corrected chi connectivity index (χ1v) is 7.78. The SMILES string of the molecule is COC(=O)c1ccc(N[C@@H]2CCN(Cc3ccc(F)cc3)C2=O)nn1. The van der Waals surface area contributed by atoms with Crippen LogP contribution in [0.4, 0.5) is 10.2 Å². The van der Waals surface area contributed by atoms with E-state index in [0.717, 1.165) is 5.56 Å². The van der Waals surface area contributed by atoms with E-state index < -0.39 is 12.0 Å². The Bertz CT molecular complexity index is 764. The average Bonchev–Trinajstić information content (AvgIpc) is 2.97. The van der Waals surface area contributed by atoms with Crippen LogP contribution in [-0.4, -0.2) is 46.7 Å². The van der Waals surface area contributed by atoms with Crippen molar-refractivity contribution in [2.24, 2.45) is 0 Å². The molecule has 0 saturated carbocycles. The number of ether oxygens (including phenoxy) is 1. The fourth-order valence-corrected chi connectivity index (χ4v) is 2.64. The molecule has 25 heavy (non-hydrogen) atoms. The van der Waals surface area contributed by atoms with Crippen LogP contribution in [0.25, 0.3) is 0 Å². The number of hydrogen-bond acceptors (Lipinski definition) is 6. The van der Waals surface area contributed by atoms with Gasteiger partial charge in [0, 0.05) is 13.1 Å². The molecule has 0 unspecified atom stereocenters. The van der Waals surface area contributed by atoms with Crippen LogP contribution >= 0.6 is 0 Å². The van der Waals surface area contributed by atoms with Gasteiger partial charge in [0.25, 0.3) is 0 Å². The summed E-state index contributed by atoms with van der Waals surface area (Å²) in [6.07, 6.45) is 0.625. The van der Waals surface area contributed by atoms with E-state index >= 15 is 0 Å². The van der Waals surface area contributed by atoms with Crippen molar-refractivity contribution < 1.29 is 18.7 Å². The number of methoxy groups -OCH3 is 1. The number of benzene rings is 1. The molecule has 8 heteroatoms. The molecule has 1 aromatic carbocycles. The van der Waals surface area contributed by atoms with Gasteiger partial charge in [0.2, 0.25) is 5.91 Å². The molecule has 1 aliphatic heterocycles. The number of esters is 1. The maximum absolute atomic E-state index is 12.9. The maximum atomic E-state index is 12.9. The zero-order valence-electron chi connectivity index (χ0n) is 13.6. The molecule has 0 radical (unpaired) electrons. The Hall–Kier alpha value is -3.03. The zero-order valence-corrected chi connectivity index (χ0v) is 13.6. The third-order valence-corrected chi connectivity index (χ3v) is 3.97. The van der Waals surface area contributed by atoms with Crippen LogP contribution in [0.5, 0.6) is 0 Å². The van der Waals surface area contributed by atoms with Crippen LogP contribution in [0.2, 0.25) is 0 Å². The lowest BCUT2D eigenvalue weighted by molar-refractivity contribution is -0.128. The summed E-state index contributed by atoms with van der Waals surface area (Å²) in [6, 6.07) is 8.75. The molecule has 130 valence electrons. The maximum Gasteiger partial charge on any atom is 0.358 e. The zero-order chi connectivity index (χ0) is 17.8. The van der Waals surface area contributed by atoms with Crippen molar-refractivity contribution in [2.45, 2.75) is 19.0 Å². The predicted octanol–water partition coefficient (Wildman–Crippen LogP) is 1.62. The lowest BCUT2D eigenvalue weighted by Crippen LogP contribution is -2.33. The standard InChI is InChI=1S/C17H17FN4O3/c1-25-17(24)14-6-7-15(21-20-14)19-13-8-9-22(16(13)23)10-11-2-4-12(18)5-3-11/h2-7,13H,8-10H2,1H3,(H,19,21)/t13-/m1/s1. The van der Waals surface area contributed by atoms with Gasteiger partial charge in [-0.3, -0.25) is 4.79 Å². The van der Waals surface area contributed by atoms with E-state index in [0.29, 0.717) is 25.3 Å². The summed E-state index contributed by atoms with van der Waals surface area (Å²) in [5.74, 6) is -0.510. The molecule has 2 aromatic rings. The molecule has 3 rings (SSSR count). The molecule has 1 saturated heterocycles. The predicted molar refractivity (Wildman–Crippen MR) is 87.2 cm³/mol. The van der Waals surface area contributed by atoms with Crippen LogP contribution in [-0.2, 0) is 16.1 Å². The molecule has 1 atom stereocenters. The van der Waals surface area contributed by atoms with Gasteiger partial charge in [-0.15, -0.1) is 10.2 Å². The lowest BCUT2D eigenvalue weighted by atomic mass is 10.2. The summed E-state index contributed by atoms with van der Waals surface area (Å²) >= 11 is 0. The third-order valence-electron chi connectivity index (χ3n) is 3.97. The van der Waals surface area contributed by atoms with Crippen LogP contribution < -0.4 is 5.32 Å². The van der Waals surface area contributed by atoms with Crippen molar-refractivity contribution in [2.75, 3.05) is 19.0 Å². The second-order valence-corrected chi connectivity index (χ2v) is 5.67. The molecule has 1 amide bonds. The van der Waals surface area contributed by atoms with E-state index in [9.17, 15) is 14.0 Å². The van der Waals surface area contributed by atoms with Gasteiger partial charge in [0.1, 0.15) is 17.7 Å². The number of likely N-dealkylation sites (tertiary alicyclic amines) is 1. The van der Waals surface area contributed by atoms with Gasteiger partial charge in [-0.1, -0.05) is 12.1 Å². The number of aromatic nitrogens is 2. The molecule has 0 aliphatic carbocycles. The highest BCUT2D eigenvalue weighted by Gasteiger charge is 2.31. The summed E-state index contributed by atoms with van der Waals surface area (Å²) in [5, 5.41) is 10.7. The minimum atomic E-state index is -0.568. The largest absolute Gasteiger partial charge is 0.464 e. The molecular formula is C17H17FN4O3. The Morgan fingerprint density at radius 2 is 2.04 bits per heavy atom. The van der Waals surface area contributed by atoms with E-state index in [1.165, 1.54) is 25.3 Å². The molecule has 0 bridgehead atoms. The highest BCUT2D eigenvalue weighted by atomic mass is 19.1. The van der Waals surface area contributed by atoms with E-state index in [1.54, 1.807) is 23.1 Å². The Morgan fingerprint density at radius 1 is 1.28 bits per heavy atom. The van der Waals surface area contributed by atoms with E-state index in [4.69, 9.17) is 0 Å². The summed E-state index contributed by atoms with van der Waals surface area (Å²) < 4.78 is 17.5.